The minimum atomic E-state index is 0.561. The number of nitriles is 1. The highest BCUT2D eigenvalue weighted by atomic mass is 14.2. The lowest BCUT2D eigenvalue weighted by Crippen LogP contribution is -1.81. The molecule has 0 spiro atoms. The SMILES string of the molecule is C#Cc1ccccc1C#CCCCC#N. The van der Waals surface area contributed by atoms with Gasteiger partial charge in [0.2, 0.25) is 0 Å². The lowest BCUT2D eigenvalue weighted by Gasteiger charge is -1.93. The van der Waals surface area contributed by atoms with E-state index in [0.717, 1.165) is 24.0 Å². The summed E-state index contributed by atoms with van der Waals surface area (Å²) in [6, 6.07) is 9.69. The van der Waals surface area contributed by atoms with Crippen LogP contribution in [0.5, 0.6) is 0 Å². The van der Waals surface area contributed by atoms with E-state index < -0.39 is 0 Å². The first-order valence-corrected chi connectivity index (χ1v) is 4.80. The Morgan fingerprint density at radius 2 is 1.87 bits per heavy atom. The number of terminal acetylenes is 1. The van der Waals surface area contributed by atoms with Gasteiger partial charge >= 0.3 is 0 Å². The second-order valence-corrected chi connectivity index (χ2v) is 3.00. The van der Waals surface area contributed by atoms with Gasteiger partial charge in [0.05, 0.1) is 6.07 Å². The zero-order valence-electron chi connectivity index (χ0n) is 8.46. The molecule has 0 unspecified atom stereocenters. The Morgan fingerprint density at radius 1 is 1.13 bits per heavy atom. The van der Waals surface area contributed by atoms with E-state index in [1.54, 1.807) is 0 Å². The van der Waals surface area contributed by atoms with Crippen LogP contribution in [0.25, 0.3) is 0 Å². The summed E-state index contributed by atoms with van der Waals surface area (Å²) in [5.74, 6) is 8.63. The fraction of sp³-hybridized carbons (Fsp3) is 0.214. The average molecular weight is 193 g/mol. The molecule has 1 heteroatoms. The smallest absolute Gasteiger partial charge is 0.0622 e. The molecule has 1 nitrogen and oxygen atoms in total. The van der Waals surface area contributed by atoms with Crippen LogP contribution in [-0.2, 0) is 0 Å². The van der Waals surface area contributed by atoms with Crippen LogP contribution >= 0.6 is 0 Å². The van der Waals surface area contributed by atoms with Crippen molar-refractivity contribution in [1.82, 2.24) is 0 Å². The van der Waals surface area contributed by atoms with Crippen molar-refractivity contribution in [1.29, 1.82) is 5.26 Å². The molecular weight excluding hydrogens is 182 g/mol. The lowest BCUT2D eigenvalue weighted by atomic mass is 10.1. The Morgan fingerprint density at radius 3 is 2.53 bits per heavy atom. The Hall–Kier alpha value is -2.17. The fourth-order valence-electron chi connectivity index (χ4n) is 1.13. The van der Waals surface area contributed by atoms with Crippen molar-refractivity contribution in [2.24, 2.45) is 0 Å². The van der Waals surface area contributed by atoms with Crippen LogP contribution in [0.4, 0.5) is 0 Å². The minimum absolute atomic E-state index is 0.561. The number of benzene rings is 1. The van der Waals surface area contributed by atoms with Gasteiger partial charge in [-0.3, -0.25) is 0 Å². The number of unbranched alkanes of at least 4 members (excludes halogenated alkanes) is 2. The van der Waals surface area contributed by atoms with E-state index in [4.69, 9.17) is 11.7 Å². The van der Waals surface area contributed by atoms with Crippen LogP contribution in [-0.4, -0.2) is 0 Å². The van der Waals surface area contributed by atoms with Crippen LogP contribution < -0.4 is 0 Å². The van der Waals surface area contributed by atoms with Crippen molar-refractivity contribution in [2.45, 2.75) is 19.3 Å². The van der Waals surface area contributed by atoms with Crippen LogP contribution in [0.1, 0.15) is 30.4 Å². The Balaban J connectivity index is 2.65. The van der Waals surface area contributed by atoms with Gasteiger partial charge in [-0.2, -0.15) is 5.26 Å². The Kier molecular flexibility index (Phi) is 4.59. The highest BCUT2D eigenvalue weighted by Crippen LogP contribution is 2.05. The van der Waals surface area contributed by atoms with Crippen molar-refractivity contribution in [3.05, 3.63) is 35.4 Å². The number of hydrogen-bond acceptors (Lipinski definition) is 1. The first-order chi connectivity index (χ1) is 7.38. The molecular formula is C14H11N. The molecule has 1 rings (SSSR count). The molecule has 0 aliphatic rings. The molecule has 1 aromatic rings. The summed E-state index contributed by atoms with van der Waals surface area (Å²) in [5, 5.41) is 8.34. The molecule has 0 bridgehead atoms. The fourth-order valence-corrected chi connectivity index (χ4v) is 1.13. The first-order valence-electron chi connectivity index (χ1n) is 4.80. The molecule has 0 saturated heterocycles. The molecule has 0 fully saturated rings. The molecule has 0 heterocycles. The van der Waals surface area contributed by atoms with Gasteiger partial charge in [0.1, 0.15) is 0 Å². The zero-order valence-corrected chi connectivity index (χ0v) is 8.46. The van der Waals surface area contributed by atoms with E-state index in [1.807, 2.05) is 24.3 Å². The maximum absolute atomic E-state index is 8.34. The quantitative estimate of drug-likeness (QED) is 0.523. The van der Waals surface area contributed by atoms with E-state index in [-0.39, 0.29) is 0 Å². The summed E-state index contributed by atoms with van der Waals surface area (Å²) in [6.45, 7) is 0. The van der Waals surface area contributed by atoms with E-state index in [2.05, 4.69) is 23.8 Å². The van der Waals surface area contributed by atoms with E-state index >= 15 is 0 Å². The molecule has 0 aliphatic heterocycles. The minimum Gasteiger partial charge on any atom is -0.198 e. The molecule has 0 saturated carbocycles. The zero-order chi connectivity index (χ0) is 10.9. The number of nitrogens with zero attached hydrogens (tertiary/aromatic N) is 1. The third kappa shape index (κ3) is 3.60. The number of hydrogen-bond donors (Lipinski definition) is 0. The second kappa shape index (κ2) is 6.31. The van der Waals surface area contributed by atoms with Crippen LogP contribution in [0, 0.1) is 35.5 Å². The lowest BCUT2D eigenvalue weighted by molar-refractivity contribution is 0.894. The van der Waals surface area contributed by atoms with Crippen molar-refractivity contribution < 1.29 is 0 Å². The van der Waals surface area contributed by atoms with Gasteiger partial charge in [0.25, 0.3) is 0 Å². The predicted molar refractivity (Wildman–Crippen MR) is 60.7 cm³/mol. The summed E-state index contributed by atoms with van der Waals surface area (Å²) in [7, 11) is 0. The normalized spacial score (nSPS) is 8.13. The highest BCUT2D eigenvalue weighted by Gasteiger charge is 1.92. The van der Waals surface area contributed by atoms with Gasteiger partial charge in [-0.15, -0.1) is 6.42 Å². The van der Waals surface area contributed by atoms with Gasteiger partial charge in [-0.05, 0) is 18.6 Å². The molecule has 0 aliphatic carbocycles. The molecule has 0 amide bonds. The average Bonchev–Trinajstić information content (AvgIpc) is 2.29. The highest BCUT2D eigenvalue weighted by molar-refractivity contribution is 5.48. The molecule has 0 N–H and O–H groups in total. The molecule has 0 aromatic heterocycles. The third-order valence-corrected chi connectivity index (χ3v) is 1.90. The van der Waals surface area contributed by atoms with Crippen LogP contribution in [0.3, 0.4) is 0 Å². The maximum Gasteiger partial charge on any atom is 0.0622 e. The van der Waals surface area contributed by atoms with E-state index in [1.165, 1.54) is 0 Å². The maximum atomic E-state index is 8.34. The van der Waals surface area contributed by atoms with Gasteiger partial charge in [-0.25, -0.2) is 0 Å². The van der Waals surface area contributed by atoms with Gasteiger partial charge in [0, 0.05) is 24.0 Å². The summed E-state index contributed by atoms with van der Waals surface area (Å²) < 4.78 is 0. The van der Waals surface area contributed by atoms with Gasteiger partial charge < -0.3 is 0 Å². The topological polar surface area (TPSA) is 23.8 Å². The first kappa shape index (κ1) is 10.9. The molecule has 0 radical (unpaired) electrons. The van der Waals surface area contributed by atoms with Crippen molar-refractivity contribution in [2.75, 3.05) is 0 Å². The molecule has 0 atom stereocenters. The Labute approximate surface area is 90.7 Å². The standard InChI is InChI=1S/C14H11N/c1-2-13-9-6-7-11-14(13)10-5-3-4-8-12-15/h1,6-7,9,11H,3-4,8H2. The summed E-state index contributed by atoms with van der Waals surface area (Å²) in [6.07, 6.45) is 7.47. The molecule has 72 valence electrons. The van der Waals surface area contributed by atoms with Gasteiger partial charge in [0.15, 0.2) is 0 Å². The van der Waals surface area contributed by atoms with Crippen LogP contribution in [0.15, 0.2) is 24.3 Å². The van der Waals surface area contributed by atoms with Gasteiger partial charge in [-0.1, -0.05) is 29.9 Å². The Bertz CT molecular complexity index is 461. The van der Waals surface area contributed by atoms with Crippen molar-refractivity contribution >= 4 is 0 Å². The summed E-state index contributed by atoms with van der Waals surface area (Å²) in [4.78, 5) is 0. The largest absolute Gasteiger partial charge is 0.198 e. The second-order valence-electron chi connectivity index (χ2n) is 3.00. The van der Waals surface area contributed by atoms with E-state index in [0.29, 0.717) is 6.42 Å². The van der Waals surface area contributed by atoms with Crippen LogP contribution in [0.2, 0.25) is 0 Å². The third-order valence-electron chi connectivity index (χ3n) is 1.90. The van der Waals surface area contributed by atoms with E-state index in [9.17, 15) is 0 Å². The number of rotatable bonds is 2. The van der Waals surface area contributed by atoms with Crippen molar-refractivity contribution in [3.8, 4) is 30.3 Å². The predicted octanol–water partition coefficient (Wildman–Crippen LogP) is 2.71. The summed E-state index contributed by atoms with van der Waals surface area (Å²) >= 11 is 0. The molecule has 1 aromatic carbocycles. The monoisotopic (exact) mass is 193 g/mol. The summed E-state index contributed by atoms with van der Waals surface area (Å²) in [5.41, 5.74) is 1.71. The van der Waals surface area contributed by atoms with Crippen molar-refractivity contribution in [3.63, 3.8) is 0 Å². The molecule has 15 heavy (non-hydrogen) atoms.